The Morgan fingerprint density at radius 2 is 1.95 bits per heavy atom. The number of carbonyl (C=O) groups excluding carboxylic acids is 1. The maximum absolute atomic E-state index is 12.2. The van der Waals surface area contributed by atoms with Crippen molar-refractivity contribution in [3.63, 3.8) is 0 Å². The molecule has 0 aliphatic carbocycles. The molecule has 1 heterocycles. The lowest BCUT2D eigenvalue weighted by Crippen LogP contribution is -2.24. The molecule has 5 heteroatoms. The molecule has 0 saturated carbocycles. The predicted molar refractivity (Wildman–Crippen MR) is 74.7 cm³/mol. The third kappa shape index (κ3) is 2.76. The number of rotatable bonds is 3. The number of nitrogens with two attached hydrogens (primary N) is 1. The molecule has 2 aromatic rings. The van der Waals surface area contributed by atoms with Crippen LogP contribution in [-0.4, -0.2) is 15.7 Å². The average molecular weight is 258 g/mol. The zero-order chi connectivity index (χ0) is 14.0. The van der Waals surface area contributed by atoms with E-state index in [1.165, 1.54) is 0 Å². The number of anilines is 1. The van der Waals surface area contributed by atoms with Gasteiger partial charge < -0.3 is 11.1 Å². The van der Waals surface area contributed by atoms with E-state index in [4.69, 9.17) is 5.73 Å². The highest BCUT2D eigenvalue weighted by molar-refractivity contribution is 5.96. The number of aromatic nitrogens is 2. The highest BCUT2D eigenvalue weighted by Gasteiger charge is 2.16. The molecule has 2 rings (SSSR count). The van der Waals surface area contributed by atoms with Crippen LogP contribution < -0.4 is 11.1 Å². The Kier molecular flexibility index (Phi) is 3.55. The van der Waals surface area contributed by atoms with E-state index in [1.54, 1.807) is 4.68 Å². The van der Waals surface area contributed by atoms with E-state index in [9.17, 15) is 4.79 Å². The molecule has 1 aromatic carbocycles. The van der Waals surface area contributed by atoms with E-state index in [1.807, 2.05) is 45.2 Å². The molecule has 0 atom stereocenters. The number of amides is 1. The molecule has 0 saturated heterocycles. The summed E-state index contributed by atoms with van der Waals surface area (Å²) in [6.45, 7) is 4.20. The van der Waals surface area contributed by atoms with Gasteiger partial charge in [-0.2, -0.15) is 5.10 Å². The van der Waals surface area contributed by atoms with E-state index >= 15 is 0 Å². The SMILES string of the molecule is Cc1nn(C)c(C)c1C(=O)NCc1ccc(N)cc1. The Hall–Kier alpha value is -2.30. The zero-order valence-corrected chi connectivity index (χ0v) is 11.4. The quantitative estimate of drug-likeness (QED) is 0.820. The van der Waals surface area contributed by atoms with Gasteiger partial charge in [-0.3, -0.25) is 9.48 Å². The zero-order valence-electron chi connectivity index (χ0n) is 11.4. The molecule has 0 fully saturated rings. The molecule has 100 valence electrons. The summed E-state index contributed by atoms with van der Waals surface area (Å²) >= 11 is 0. The molecular weight excluding hydrogens is 240 g/mol. The van der Waals surface area contributed by atoms with Crippen LogP contribution in [0.4, 0.5) is 5.69 Å². The van der Waals surface area contributed by atoms with Gasteiger partial charge >= 0.3 is 0 Å². The van der Waals surface area contributed by atoms with Crippen LogP contribution in [0, 0.1) is 13.8 Å². The smallest absolute Gasteiger partial charge is 0.255 e. The molecule has 0 unspecified atom stereocenters. The molecule has 5 nitrogen and oxygen atoms in total. The van der Waals surface area contributed by atoms with E-state index in [-0.39, 0.29) is 5.91 Å². The third-order valence-electron chi connectivity index (χ3n) is 3.17. The maximum Gasteiger partial charge on any atom is 0.255 e. The number of benzene rings is 1. The number of hydrogen-bond acceptors (Lipinski definition) is 3. The standard InChI is InChI=1S/C14H18N4O/c1-9-13(10(2)18(3)17-9)14(19)16-8-11-4-6-12(15)7-5-11/h4-7H,8,15H2,1-3H3,(H,16,19). The van der Waals surface area contributed by atoms with Gasteiger partial charge in [0.05, 0.1) is 11.3 Å². The first-order valence-electron chi connectivity index (χ1n) is 6.12. The third-order valence-corrected chi connectivity index (χ3v) is 3.17. The lowest BCUT2D eigenvalue weighted by molar-refractivity contribution is 0.0949. The summed E-state index contributed by atoms with van der Waals surface area (Å²) in [5, 5.41) is 7.13. The number of aryl methyl sites for hydroxylation is 2. The molecule has 0 aliphatic rings. The van der Waals surface area contributed by atoms with Gasteiger partial charge in [0.2, 0.25) is 0 Å². The summed E-state index contributed by atoms with van der Waals surface area (Å²) < 4.78 is 1.72. The van der Waals surface area contributed by atoms with E-state index < -0.39 is 0 Å². The number of nitrogen functional groups attached to an aromatic ring is 1. The van der Waals surface area contributed by atoms with Gasteiger partial charge in [-0.25, -0.2) is 0 Å². The van der Waals surface area contributed by atoms with Crippen LogP contribution in [-0.2, 0) is 13.6 Å². The Morgan fingerprint density at radius 1 is 1.32 bits per heavy atom. The minimum Gasteiger partial charge on any atom is -0.399 e. The monoisotopic (exact) mass is 258 g/mol. The molecule has 0 radical (unpaired) electrons. The molecule has 19 heavy (non-hydrogen) atoms. The fourth-order valence-corrected chi connectivity index (χ4v) is 2.01. The van der Waals surface area contributed by atoms with Crippen molar-refractivity contribution in [2.45, 2.75) is 20.4 Å². The summed E-state index contributed by atoms with van der Waals surface area (Å²) in [7, 11) is 1.83. The van der Waals surface area contributed by atoms with E-state index in [0.29, 0.717) is 17.8 Å². The first-order chi connectivity index (χ1) is 8.99. The molecule has 0 spiro atoms. The topological polar surface area (TPSA) is 72.9 Å². The second-order valence-electron chi connectivity index (χ2n) is 4.59. The summed E-state index contributed by atoms with van der Waals surface area (Å²) in [4.78, 5) is 12.2. The summed E-state index contributed by atoms with van der Waals surface area (Å²) in [6, 6.07) is 7.45. The van der Waals surface area contributed by atoms with E-state index in [2.05, 4.69) is 10.4 Å². The highest BCUT2D eigenvalue weighted by atomic mass is 16.1. The lowest BCUT2D eigenvalue weighted by atomic mass is 10.1. The largest absolute Gasteiger partial charge is 0.399 e. The van der Waals surface area contributed by atoms with Crippen LogP contribution in [0.15, 0.2) is 24.3 Å². The van der Waals surface area contributed by atoms with Crippen LogP contribution in [0.3, 0.4) is 0 Å². The molecular formula is C14H18N4O. The lowest BCUT2D eigenvalue weighted by Gasteiger charge is -2.06. The number of nitrogens with one attached hydrogen (secondary N) is 1. The molecule has 1 aromatic heterocycles. The van der Waals surface area contributed by atoms with Gasteiger partial charge in [0.25, 0.3) is 5.91 Å². The fraction of sp³-hybridized carbons (Fsp3) is 0.286. The van der Waals surface area contributed by atoms with E-state index in [0.717, 1.165) is 17.0 Å². The van der Waals surface area contributed by atoms with Crippen molar-refractivity contribution in [1.82, 2.24) is 15.1 Å². The molecule has 3 N–H and O–H groups in total. The van der Waals surface area contributed by atoms with Crippen molar-refractivity contribution in [2.75, 3.05) is 5.73 Å². The summed E-state index contributed by atoms with van der Waals surface area (Å²) in [6.07, 6.45) is 0. The van der Waals surface area contributed by atoms with Crippen molar-refractivity contribution >= 4 is 11.6 Å². The average Bonchev–Trinajstić information content (AvgIpc) is 2.62. The molecule has 0 aliphatic heterocycles. The summed E-state index contributed by atoms with van der Waals surface area (Å²) in [5.41, 5.74) is 9.61. The van der Waals surface area contributed by atoms with Crippen LogP contribution >= 0.6 is 0 Å². The number of nitrogens with zero attached hydrogens (tertiary/aromatic N) is 2. The van der Waals surface area contributed by atoms with Gasteiger partial charge in [0, 0.05) is 25.0 Å². The van der Waals surface area contributed by atoms with Gasteiger partial charge in [-0.1, -0.05) is 12.1 Å². The van der Waals surface area contributed by atoms with Gasteiger partial charge in [0.15, 0.2) is 0 Å². The summed E-state index contributed by atoms with van der Waals surface area (Å²) in [5.74, 6) is -0.0973. The second-order valence-corrected chi connectivity index (χ2v) is 4.59. The highest BCUT2D eigenvalue weighted by Crippen LogP contribution is 2.12. The van der Waals surface area contributed by atoms with Crippen molar-refractivity contribution in [1.29, 1.82) is 0 Å². The van der Waals surface area contributed by atoms with Crippen LogP contribution in [0.2, 0.25) is 0 Å². The normalized spacial score (nSPS) is 10.5. The minimum absolute atomic E-state index is 0.0973. The Morgan fingerprint density at radius 3 is 2.47 bits per heavy atom. The Bertz CT molecular complexity index is 599. The van der Waals surface area contributed by atoms with Gasteiger partial charge in [-0.05, 0) is 31.5 Å². The maximum atomic E-state index is 12.2. The van der Waals surface area contributed by atoms with Crippen LogP contribution in [0.1, 0.15) is 27.3 Å². The van der Waals surface area contributed by atoms with Gasteiger partial charge in [0.1, 0.15) is 0 Å². The van der Waals surface area contributed by atoms with Crippen LogP contribution in [0.5, 0.6) is 0 Å². The number of hydrogen-bond donors (Lipinski definition) is 2. The van der Waals surface area contributed by atoms with Crippen LogP contribution in [0.25, 0.3) is 0 Å². The molecule has 0 bridgehead atoms. The number of carbonyl (C=O) groups is 1. The van der Waals surface area contributed by atoms with Crippen molar-refractivity contribution < 1.29 is 4.79 Å². The van der Waals surface area contributed by atoms with Gasteiger partial charge in [-0.15, -0.1) is 0 Å². The first kappa shape index (κ1) is 13.1. The van der Waals surface area contributed by atoms with Crippen molar-refractivity contribution in [3.05, 3.63) is 46.8 Å². The second kappa shape index (κ2) is 5.14. The first-order valence-corrected chi connectivity index (χ1v) is 6.12. The van der Waals surface area contributed by atoms with Crippen molar-refractivity contribution in [2.24, 2.45) is 7.05 Å². The van der Waals surface area contributed by atoms with Crippen molar-refractivity contribution in [3.8, 4) is 0 Å². The molecule has 1 amide bonds. The Labute approximate surface area is 112 Å². The predicted octanol–water partition coefficient (Wildman–Crippen LogP) is 1.55. The fourth-order valence-electron chi connectivity index (χ4n) is 2.01. The minimum atomic E-state index is -0.0973. The Balaban J connectivity index is 2.07.